The van der Waals surface area contributed by atoms with Crippen LogP contribution in [0.15, 0.2) is 55.0 Å². The van der Waals surface area contributed by atoms with Crippen molar-refractivity contribution in [2.75, 3.05) is 13.1 Å². The quantitative estimate of drug-likeness (QED) is 0.799. The van der Waals surface area contributed by atoms with Crippen LogP contribution in [0.1, 0.15) is 17.2 Å². The summed E-state index contributed by atoms with van der Waals surface area (Å²) in [7, 11) is 0. The molecule has 23 heavy (non-hydrogen) atoms. The smallest absolute Gasteiger partial charge is 0.233 e. The van der Waals surface area contributed by atoms with E-state index in [9.17, 15) is 0 Å². The Kier molecular flexibility index (Phi) is 4.61. The van der Waals surface area contributed by atoms with Crippen molar-refractivity contribution < 1.29 is 0 Å². The van der Waals surface area contributed by atoms with Gasteiger partial charge in [-0.2, -0.15) is 0 Å². The Labute approximate surface area is 141 Å². The Morgan fingerprint density at radius 3 is 2.74 bits per heavy atom. The monoisotopic (exact) mass is 329 g/mol. The van der Waals surface area contributed by atoms with E-state index >= 15 is 0 Å². The molecule has 3 aromatic rings. The summed E-state index contributed by atoms with van der Waals surface area (Å²) in [6.07, 6.45) is 5.79. The molecule has 5 nitrogen and oxygen atoms in total. The van der Waals surface area contributed by atoms with Gasteiger partial charge in [-0.05, 0) is 11.6 Å². The van der Waals surface area contributed by atoms with E-state index in [0.717, 1.165) is 31.1 Å². The molecule has 0 aliphatic carbocycles. The molecule has 1 aliphatic rings. The van der Waals surface area contributed by atoms with Crippen LogP contribution in [0.2, 0.25) is 0 Å². The summed E-state index contributed by atoms with van der Waals surface area (Å²) >= 11 is 0. The van der Waals surface area contributed by atoms with Crippen LogP contribution in [0, 0.1) is 0 Å². The predicted molar refractivity (Wildman–Crippen MR) is 92.7 cm³/mol. The van der Waals surface area contributed by atoms with Gasteiger partial charge in [-0.1, -0.05) is 30.3 Å². The number of imidazole rings is 1. The van der Waals surface area contributed by atoms with E-state index in [1.54, 1.807) is 6.20 Å². The summed E-state index contributed by atoms with van der Waals surface area (Å²) in [6, 6.07) is 12.6. The molecule has 0 unspecified atom stereocenters. The molecule has 1 aliphatic heterocycles. The molecule has 0 bridgehead atoms. The lowest BCUT2D eigenvalue weighted by atomic mass is 9.95. The Morgan fingerprint density at radius 1 is 1.13 bits per heavy atom. The Morgan fingerprint density at radius 2 is 1.96 bits per heavy atom. The summed E-state index contributed by atoms with van der Waals surface area (Å²) < 4.78 is 1.96. The molecule has 2 aromatic heterocycles. The number of fused-ring (bicyclic) bond motifs is 1. The standard InChI is InChI=1S/C17H19N5.ClH/c18-16-12-21(11-15(16)13-5-2-1-3-6-13)9-14-10-22-8-4-7-19-17(22)20-14;/h1-8,10,15-16H,9,11-12,18H2;1H/t15-,16+;/m0./s1. The van der Waals surface area contributed by atoms with E-state index in [1.165, 1.54) is 5.56 Å². The van der Waals surface area contributed by atoms with E-state index < -0.39 is 0 Å². The van der Waals surface area contributed by atoms with E-state index in [-0.39, 0.29) is 18.4 Å². The maximum Gasteiger partial charge on any atom is 0.233 e. The van der Waals surface area contributed by atoms with Crippen molar-refractivity contribution in [3.8, 4) is 0 Å². The molecule has 2 atom stereocenters. The zero-order valence-electron chi connectivity index (χ0n) is 12.7. The summed E-state index contributed by atoms with van der Waals surface area (Å²) in [5.41, 5.74) is 8.72. The summed E-state index contributed by atoms with van der Waals surface area (Å²) in [6.45, 7) is 2.70. The van der Waals surface area contributed by atoms with Crippen molar-refractivity contribution in [1.29, 1.82) is 0 Å². The molecule has 4 rings (SSSR count). The summed E-state index contributed by atoms with van der Waals surface area (Å²) in [5.74, 6) is 1.15. The summed E-state index contributed by atoms with van der Waals surface area (Å²) in [5, 5.41) is 0. The first-order valence-electron chi connectivity index (χ1n) is 7.61. The van der Waals surface area contributed by atoms with Crippen LogP contribution >= 0.6 is 12.4 Å². The number of nitrogens with two attached hydrogens (primary N) is 1. The van der Waals surface area contributed by atoms with Crippen LogP contribution < -0.4 is 5.73 Å². The average molecular weight is 330 g/mol. The molecule has 0 saturated carbocycles. The molecule has 0 radical (unpaired) electrons. The van der Waals surface area contributed by atoms with Gasteiger partial charge in [-0.3, -0.25) is 9.30 Å². The normalized spacial score (nSPS) is 21.4. The van der Waals surface area contributed by atoms with Gasteiger partial charge in [0.05, 0.1) is 5.69 Å². The third-order valence-electron chi connectivity index (χ3n) is 4.34. The maximum absolute atomic E-state index is 6.35. The zero-order chi connectivity index (χ0) is 14.9. The number of hydrogen-bond acceptors (Lipinski definition) is 4. The topological polar surface area (TPSA) is 59.5 Å². The highest BCUT2D eigenvalue weighted by atomic mass is 35.5. The van der Waals surface area contributed by atoms with Gasteiger partial charge in [-0.15, -0.1) is 12.4 Å². The fourth-order valence-electron chi connectivity index (χ4n) is 3.28. The summed E-state index contributed by atoms with van der Waals surface area (Å²) in [4.78, 5) is 11.2. The number of benzene rings is 1. The highest BCUT2D eigenvalue weighted by Crippen LogP contribution is 2.27. The first kappa shape index (κ1) is 15.9. The highest BCUT2D eigenvalue weighted by molar-refractivity contribution is 5.85. The highest BCUT2D eigenvalue weighted by Gasteiger charge is 2.31. The van der Waals surface area contributed by atoms with Crippen molar-refractivity contribution in [3.63, 3.8) is 0 Å². The average Bonchev–Trinajstić information content (AvgIpc) is 3.11. The van der Waals surface area contributed by atoms with Gasteiger partial charge in [0.25, 0.3) is 0 Å². The van der Waals surface area contributed by atoms with Crippen molar-refractivity contribution in [2.45, 2.75) is 18.5 Å². The molecule has 0 amide bonds. The van der Waals surface area contributed by atoms with Crippen LogP contribution in [0.5, 0.6) is 0 Å². The van der Waals surface area contributed by atoms with Gasteiger partial charge >= 0.3 is 0 Å². The van der Waals surface area contributed by atoms with Gasteiger partial charge in [0.15, 0.2) is 0 Å². The second-order valence-corrected chi connectivity index (χ2v) is 5.93. The van der Waals surface area contributed by atoms with Crippen LogP contribution in [0.25, 0.3) is 5.78 Å². The number of aromatic nitrogens is 3. The van der Waals surface area contributed by atoms with E-state index in [4.69, 9.17) is 5.73 Å². The number of rotatable bonds is 3. The number of nitrogens with zero attached hydrogens (tertiary/aromatic N) is 4. The zero-order valence-corrected chi connectivity index (χ0v) is 13.6. The number of hydrogen-bond donors (Lipinski definition) is 1. The van der Waals surface area contributed by atoms with E-state index in [2.05, 4.69) is 39.1 Å². The number of likely N-dealkylation sites (tertiary alicyclic amines) is 1. The predicted octanol–water partition coefficient (Wildman–Crippen LogP) is 2.08. The largest absolute Gasteiger partial charge is 0.326 e. The van der Waals surface area contributed by atoms with Crippen LogP contribution in [0.3, 0.4) is 0 Å². The third-order valence-corrected chi connectivity index (χ3v) is 4.34. The lowest BCUT2D eigenvalue weighted by Crippen LogP contribution is -2.28. The minimum absolute atomic E-state index is 0. The van der Waals surface area contributed by atoms with Gasteiger partial charge in [-0.25, -0.2) is 9.97 Å². The molecular weight excluding hydrogens is 310 g/mol. The molecule has 1 fully saturated rings. The van der Waals surface area contributed by atoms with Crippen molar-refractivity contribution >= 4 is 18.2 Å². The van der Waals surface area contributed by atoms with Gasteiger partial charge in [0, 0.05) is 50.2 Å². The van der Waals surface area contributed by atoms with Crippen LogP contribution in [-0.4, -0.2) is 38.4 Å². The Balaban J connectivity index is 0.00000156. The maximum atomic E-state index is 6.35. The van der Waals surface area contributed by atoms with Gasteiger partial charge < -0.3 is 5.73 Å². The van der Waals surface area contributed by atoms with Crippen molar-refractivity contribution in [3.05, 3.63) is 66.2 Å². The van der Waals surface area contributed by atoms with E-state index in [0.29, 0.717) is 5.92 Å². The first-order valence-corrected chi connectivity index (χ1v) is 7.61. The molecule has 1 saturated heterocycles. The molecule has 6 heteroatoms. The molecule has 120 valence electrons. The minimum Gasteiger partial charge on any atom is -0.326 e. The third kappa shape index (κ3) is 3.22. The Hall–Kier alpha value is -1.95. The fraction of sp³-hybridized carbons (Fsp3) is 0.294. The second kappa shape index (κ2) is 6.66. The Bertz CT molecular complexity index is 740. The molecule has 2 N–H and O–H groups in total. The SMILES string of the molecule is Cl.N[C@@H]1CN(Cc2cn3cccnc3n2)C[C@H]1c1ccccc1. The van der Waals surface area contributed by atoms with Crippen LogP contribution in [0.4, 0.5) is 0 Å². The number of halogens is 1. The van der Waals surface area contributed by atoms with Gasteiger partial charge in [0.1, 0.15) is 0 Å². The minimum atomic E-state index is 0. The van der Waals surface area contributed by atoms with Crippen LogP contribution in [-0.2, 0) is 6.54 Å². The first-order chi connectivity index (χ1) is 10.8. The van der Waals surface area contributed by atoms with Crippen molar-refractivity contribution in [1.82, 2.24) is 19.3 Å². The second-order valence-electron chi connectivity index (χ2n) is 5.93. The van der Waals surface area contributed by atoms with E-state index in [1.807, 2.05) is 28.9 Å². The van der Waals surface area contributed by atoms with Gasteiger partial charge in [0.2, 0.25) is 5.78 Å². The lowest BCUT2D eigenvalue weighted by molar-refractivity contribution is 0.320. The molecular formula is C17H20ClN5. The van der Waals surface area contributed by atoms with Crippen molar-refractivity contribution in [2.24, 2.45) is 5.73 Å². The molecule has 1 aromatic carbocycles. The fourth-order valence-corrected chi connectivity index (χ4v) is 3.28. The molecule has 0 spiro atoms. The lowest BCUT2D eigenvalue weighted by Gasteiger charge is -2.15. The molecule has 3 heterocycles.